The fourth-order valence-electron chi connectivity index (χ4n) is 1.68. The van der Waals surface area contributed by atoms with Gasteiger partial charge in [-0.1, -0.05) is 24.3 Å². The van der Waals surface area contributed by atoms with Gasteiger partial charge in [0.1, 0.15) is 11.6 Å². The van der Waals surface area contributed by atoms with Crippen molar-refractivity contribution in [2.45, 2.75) is 6.42 Å². The van der Waals surface area contributed by atoms with Gasteiger partial charge in [-0.15, -0.1) is 0 Å². The first kappa shape index (κ1) is 13.0. The second kappa shape index (κ2) is 5.95. The smallest absolute Gasteiger partial charge is 0.354 e. The number of aromatic nitrogens is 1. The summed E-state index contributed by atoms with van der Waals surface area (Å²) in [6.07, 6.45) is 0.506. The molecule has 0 saturated carbocycles. The van der Waals surface area contributed by atoms with Gasteiger partial charge < -0.3 is 10.4 Å². The lowest BCUT2D eigenvalue weighted by molar-refractivity contribution is 0.0690. The predicted molar refractivity (Wildman–Crippen MR) is 69.8 cm³/mol. The van der Waals surface area contributed by atoms with E-state index in [0.29, 0.717) is 24.3 Å². The van der Waals surface area contributed by atoms with Crippen LogP contribution in [0.5, 0.6) is 0 Å². The third-order valence-corrected chi connectivity index (χ3v) is 2.63. The van der Waals surface area contributed by atoms with Crippen molar-refractivity contribution in [1.29, 1.82) is 0 Å². The maximum Gasteiger partial charge on any atom is 0.354 e. The number of nitrogens with zero attached hydrogens (tertiary/aromatic N) is 1. The first-order valence-corrected chi connectivity index (χ1v) is 5.84. The third-order valence-electron chi connectivity index (χ3n) is 2.63. The molecule has 0 saturated heterocycles. The Morgan fingerprint density at radius 3 is 2.74 bits per heavy atom. The van der Waals surface area contributed by atoms with Gasteiger partial charge in [0, 0.05) is 6.54 Å². The van der Waals surface area contributed by atoms with Crippen LogP contribution in [-0.2, 0) is 6.42 Å². The van der Waals surface area contributed by atoms with Gasteiger partial charge >= 0.3 is 5.97 Å². The maximum atomic E-state index is 13.4. The molecule has 0 fully saturated rings. The summed E-state index contributed by atoms with van der Waals surface area (Å²) >= 11 is 0. The number of halogens is 1. The molecule has 0 unspecified atom stereocenters. The molecule has 2 N–H and O–H groups in total. The van der Waals surface area contributed by atoms with E-state index < -0.39 is 5.97 Å². The Labute approximate surface area is 109 Å². The molecule has 0 radical (unpaired) electrons. The van der Waals surface area contributed by atoms with Crippen molar-refractivity contribution in [2.75, 3.05) is 11.9 Å². The molecule has 0 atom stereocenters. The average Bonchev–Trinajstić information content (AvgIpc) is 2.41. The van der Waals surface area contributed by atoms with Crippen LogP contribution in [0, 0.1) is 5.82 Å². The molecule has 0 bridgehead atoms. The molecule has 1 aromatic heterocycles. The van der Waals surface area contributed by atoms with Crippen LogP contribution in [-0.4, -0.2) is 22.6 Å². The molecule has 0 spiro atoms. The quantitative estimate of drug-likeness (QED) is 0.867. The number of aromatic carboxylic acids is 1. The Bertz CT molecular complexity index is 587. The monoisotopic (exact) mass is 260 g/mol. The van der Waals surface area contributed by atoms with Gasteiger partial charge in [-0.3, -0.25) is 0 Å². The summed E-state index contributed by atoms with van der Waals surface area (Å²) in [5, 5.41) is 11.8. The van der Waals surface area contributed by atoms with E-state index in [-0.39, 0.29) is 11.5 Å². The van der Waals surface area contributed by atoms with E-state index in [2.05, 4.69) is 10.3 Å². The van der Waals surface area contributed by atoms with E-state index in [9.17, 15) is 9.18 Å². The number of pyridine rings is 1. The van der Waals surface area contributed by atoms with Crippen LogP contribution in [0.25, 0.3) is 0 Å². The number of benzene rings is 1. The van der Waals surface area contributed by atoms with Gasteiger partial charge in [0.05, 0.1) is 0 Å². The van der Waals surface area contributed by atoms with E-state index in [0.717, 1.165) is 0 Å². The van der Waals surface area contributed by atoms with Crippen molar-refractivity contribution in [3.8, 4) is 0 Å². The first-order valence-electron chi connectivity index (χ1n) is 5.84. The number of rotatable bonds is 5. The number of nitrogens with one attached hydrogen (secondary N) is 1. The largest absolute Gasteiger partial charge is 0.477 e. The highest BCUT2D eigenvalue weighted by molar-refractivity contribution is 5.85. The topological polar surface area (TPSA) is 62.2 Å². The number of carboxylic acids is 1. The Kier molecular flexibility index (Phi) is 4.07. The lowest BCUT2D eigenvalue weighted by Crippen LogP contribution is -2.09. The molecule has 0 aliphatic rings. The zero-order chi connectivity index (χ0) is 13.7. The molecule has 0 aliphatic heterocycles. The van der Waals surface area contributed by atoms with Gasteiger partial charge in [-0.05, 0) is 30.2 Å². The van der Waals surface area contributed by atoms with E-state index in [4.69, 9.17) is 5.11 Å². The minimum Gasteiger partial charge on any atom is -0.477 e. The van der Waals surface area contributed by atoms with Crippen LogP contribution in [0.2, 0.25) is 0 Å². The Balaban J connectivity index is 1.94. The second-order valence-corrected chi connectivity index (χ2v) is 3.98. The van der Waals surface area contributed by atoms with Crippen LogP contribution in [0.4, 0.5) is 10.2 Å². The molecule has 19 heavy (non-hydrogen) atoms. The molecule has 0 amide bonds. The fraction of sp³-hybridized carbons (Fsp3) is 0.143. The molecule has 0 aliphatic carbocycles. The Morgan fingerprint density at radius 2 is 2.00 bits per heavy atom. The standard InChI is InChI=1S/C14H13FN2O2/c15-11-5-2-1-4-10(11)8-9-16-13-7-3-6-12(17-13)14(18)19/h1-7H,8-9H2,(H,16,17)(H,18,19). The van der Waals surface area contributed by atoms with Crippen LogP contribution < -0.4 is 5.32 Å². The molecule has 1 aromatic carbocycles. The molecule has 4 nitrogen and oxygen atoms in total. The molecule has 2 rings (SSSR count). The molecule has 5 heteroatoms. The zero-order valence-corrected chi connectivity index (χ0v) is 10.1. The zero-order valence-electron chi connectivity index (χ0n) is 10.1. The highest BCUT2D eigenvalue weighted by atomic mass is 19.1. The Morgan fingerprint density at radius 1 is 1.21 bits per heavy atom. The van der Waals surface area contributed by atoms with Crippen molar-refractivity contribution < 1.29 is 14.3 Å². The van der Waals surface area contributed by atoms with Crippen molar-refractivity contribution >= 4 is 11.8 Å². The SMILES string of the molecule is O=C(O)c1cccc(NCCc2ccccc2F)n1. The highest BCUT2D eigenvalue weighted by Crippen LogP contribution is 2.09. The van der Waals surface area contributed by atoms with Gasteiger partial charge in [-0.2, -0.15) is 0 Å². The van der Waals surface area contributed by atoms with Crippen LogP contribution in [0.3, 0.4) is 0 Å². The minimum absolute atomic E-state index is 0.0177. The van der Waals surface area contributed by atoms with E-state index in [1.54, 1.807) is 30.3 Å². The summed E-state index contributed by atoms with van der Waals surface area (Å²) in [6, 6.07) is 11.3. The lowest BCUT2D eigenvalue weighted by atomic mass is 10.1. The van der Waals surface area contributed by atoms with Crippen LogP contribution in [0.1, 0.15) is 16.1 Å². The van der Waals surface area contributed by atoms with Crippen molar-refractivity contribution in [2.24, 2.45) is 0 Å². The average molecular weight is 260 g/mol. The predicted octanol–water partition coefficient (Wildman–Crippen LogP) is 2.57. The van der Waals surface area contributed by atoms with Crippen molar-refractivity contribution in [1.82, 2.24) is 4.98 Å². The third kappa shape index (κ3) is 3.51. The Hall–Kier alpha value is -2.43. The van der Waals surface area contributed by atoms with Gasteiger partial charge in [0.15, 0.2) is 5.69 Å². The maximum absolute atomic E-state index is 13.4. The number of carboxylic acid groups (broad SMARTS) is 1. The van der Waals surface area contributed by atoms with Crippen LogP contribution >= 0.6 is 0 Å². The molecular formula is C14H13FN2O2. The summed E-state index contributed by atoms with van der Waals surface area (Å²) in [4.78, 5) is 14.7. The molecule has 1 heterocycles. The number of carbonyl (C=O) groups is 1. The van der Waals surface area contributed by atoms with Gasteiger partial charge in [0.2, 0.25) is 0 Å². The number of hydrogen-bond donors (Lipinski definition) is 2. The highest BCUT2D eigenvalue weighted by Gasteiger charge is 2.05. The van der Waals surface area contributed by atoms with E-state index in [1.807, 2.05) is 0 Å². The summed E-state index contributed by atoms with van der Waals surface area (Å²) < 4.78 is 13.4. The van der Waals surface area contributed by atoms with Crippen molar-refractivity contribution in [3.63, 3.8) is 0 Å². The van der Waals surface area contributed by atoms with Gasteiger partial charge in [-0.25, -0.2) is 14.2 Å². The molecule has 98 valence electrons. The summed E-state index contributed by atoms with van der Waals surface area (Å²) in [7, 11) is 0. The van der Waals surface area contributed by atoms with Crippen molar-refractivity contribution in [3.05, 3.63) is 59.5 Å². The minimum atomic E-state index is -1.07. The second-order valence-electron chi connectivity index (χ2n) is 3.98. The number of hydrogen-bond acceptors (Lipinski definition) is 3. The summed E-state index contributed by atoms with van der Waals surface area (Å²) in [5.74, 6) is -0.842. The lowest BCUT2D eigenvalue weighted by Gasteiger charge is -2.06. The number of anilines is 1. The van der Waals surface area contributed by atoms with Crippen LogP contribution in [0.15, 0.2) is 42.5 Å². The molecule has 2 aromatic rings. The summed E-state index contributed by atoms with van der Waals surface area (Å²) in [5.41, 5.74) is 0.597. The fourth-order valence-corrected chi connectivity index (χ4v) is 1.68. The van der Waals surface area contributed by atoms with Gasteiger partial charge in [0.25, 0.3) is 0 Å². The van der Waals surface area contributed by atoms with E-state index >= 15 is 0 Å². The summed E-state index contributed by atoms with van der Waals surface area (Å²) in [6.45, 7) is 0.483. The normalized spacial score (nSPS) is 10.2. The van der Waals surface area contributed by atoms with E-state index in [1.165, 1.54) is 12.1 Å². The molecular weight excluding hydrogens is 247 g/mol. The first-order chi connectivity index (χ1) is 9.16.